The molecular weight excluding hydrogens is 562 g/mol. The Morgan fingerprint density at radius 1 is 0.857 bits per heavy atom. The van der Waals surface area contributed by atoms with Gasteiger partial charge in [-0.1, -0.05) is 60.7 Å². The van der Waals surface area contributed by atoms with E-state index < -0.39 is 53.1 Å². The van der Waals surface area contributed by atoms with Crippen molar-refractivity contribution in [2.75, 3.05) is 5.75 Å². The minimum Gasteiger partial charge on any atom is -0.480 e. The van der Waals surface area contributed by atoms with Crippen LogP contribution in [0.5, 0.6) is 0 Å². The maximum Gasteiger partial charge on any atom is 0.335 e. The van der Waals surface area contributed by atoms with Crippen molar-refractivity contribution in [1.82, 2.24) is 5.32 Å². The first-order valence-electron chi connectivity index (χ1n) is 13.1. The molecular formula is C30H33N3O8S. The molecule has 222 valence electrons. The number of Topliss-reactive ketones (excluding diaryl/α,β-unsaturated/α-hetero) is 1. The van der Waals surface area contributed by atoms with Crippen LogP contribution in [0.4, 0.5) is 0 Å². The normalized spacial score (nSPS) is 18.0. The molecule has 42 heavy (non-hydrogen) atoms. The molecule has 1 aliphatic carbocycles. The van der Waals surface area contributed by atoms with E-state index in [4.69, 9.17) is 21.7 Å². The van der Waals surface area contributed by atoms with Crippen LogP contribution in [0.15, 0.2) is 72.8 Å². The van der Waals surface area contributed by atoms with E-state index >= 15 is 0 Å². The smallest absolute Gasteiger partial charge is 0.335 e. The van der Waals surface area contributed by atoms with E-state index in [1.807, 2.05) is 24.3 Å². The minimum absolute atomic E-state index is 0.0154. The molecule has 8 N–H and O–H groups in total. The lowest BCUT2D eigenvalue weighted by Gasteiger charge is -2.37. The van der Waals surface area contributed by atoms with E-state index in [2.05, 4.69) is 5.32 Å². The number of nitrogens with one attached hydrogen (secondary N) is 1. The predicted molar refractivity (Wildman–Crippen MR) is 158 cm³/mol. The van der Waals surface area contributed by atoms with Gasteiger partial charge in [-0.05, 0) is 41.7 Å². The van der Waals surface area contributed by atoms with Gasteiger partial charge in [-0.3, -0.25) is 14.4 Å². The van der Waals surface area contributed by atoms with Crippen LogP contribution < -0.4 is 16.8 Å². The van der Waals surface area contributed by atoms with Crippen LogP contribution >= 0.6 is 11.8 Å². The van der Waals surface area contributed by atoms with Crippen LogP contribution in [0, 0.1) is 5.41 Å². The highest BCUT2D eigenvalue weighted by atomic mass is 32.2. The van der Waals surface area contributed by atoms with Crippen molar-refractivity contribution in [1.29, 1.82) is 0 Å². The highest BCUT2D eigenvalue weighted by Gasteiger charge is 2.49. The van der Waals surface area contributed by atoms with Gasteiger partial charge in [0, 0.05) is 17.9 Å². The zero-order valence-corrected chi connectivity index (χ0v) is 23.5. The van der Waals surface area contributed by atoms with Crippen molar-refractivity contribution >= 4 is 41.4 Å². The summed E-state index contributed by atoms with van der Waals surface area (Å²) >= 11 is 1.40. The van der Waals surface area contributed by atoms with Gasteiger partial charge in [0.2, 0.25) is 5.91 Å². The molecule has 0 saturated heterocycles. The number of benzene rings is 2. The Kier molecular flexibility index (Phi) is 11.2. The second-order valence-electron chi connectivity index (χ2n) is 9.92. The van der Waals surface area contributed by atoms with Crippen LogP contribution in [-0.2, 0) is 24.9 Å². The number of rotatable bonds is 15. The zero-order chi connectivity index (χ0) is 30.9. The Morgan fingerprint density at radius 2 is 1.48 bits per heavy atom. The molecule has 0 aromatic heterocycles. The molecule has 3 rings (SSSR count). The third-order valence-corrected chi connectivity index (χ3v) is 8.08. The van der Waals surface area contributed by atoms with Gasteiger partial charge in [0.1, 0.15) is 12.1 Å². The molecule has 0 bridgehead atoms. The Hall–Kier alpha value is -4.26. The Balaban J connectivity index is 1.63. The van der Waals surface area contributed by atoms with Crippen molar-refractivity contribution in [3.8, 4) is 11.1 Å². The van der Waals surface area contributed by atoms with E-state index in [1.165, 1.54) is 17.8 Å². The summed E-state index contributed by atoms with van der Waals surface area (Å²) in [5, 5.41) is 30.4. The van der Waals surface area contributed by atoms with Crippen LogP contribution in [0.3, 0.4) is 0 Å². The van der Waals surface area contributed by atoms with E-state index in [9.17, 15) is 29.1 Å². The van der Waals surface area contributed by atoms with Gasteiger partial charge < -0.3 is 32.1 Å². The average Bonchev–Trinajstić information content (AvgIpc) is 2.98. The molecule has 1 aliphatic rings. The van der Waals surface area contributed by atoms with Gasteiger partial charge in [-0.2, -0.15) is 11.8 Å². The Bertz CT molecular complexity index is 1370. The number of carbonyl (C=O) groups is 5. The fourth-order valence-electron chi connectivity index (χ4n) is 4.55. The topological polar surface area (TPSA) is 210 Å². The van der Waals surface area contributed by atoms with Gasteiger partial charge in [-0.15, -0.1) is 0 Å². The summed E-state index contributed by atoms with van der Waals surface area (Å²) in [6.07, 6.45) is 5.79. The molecule has 12 heteroatoms. The second-order valence-corrected chi connectivity index (χ2v) is 10.9. The number of thioether (sulfide) groups is 1. The molecule has 0 saturated carbocycles. The van der Waals surface area contributed by atoms with E-state index in [0.717, 1.165) is 16.7 Å². The van der Waals surface area contributed by atoms with Crippen molar-refractivity contribution in [3.63, 3.8) is 0 Å². The molecule has 11 nitrogen and oxygen atoms in total. The molecule has 2 aromatic rings. The maximum atomic E-state index is 13.6. The van der Waals surface area contributed by atoms with Crippen LogP contribution in [-0.4, -0.2) is 68.8 Å². The average molecular weight is 596 g/mol. The molecule has 1 amide bonds. The highest BCUT2D eigenvalue weighted by molar-refractivity contribution is 7.98. The van der Waals surface area contributed by atoms with Gasteiger partial charge in [0.05, 0.1) is 17.0 Å². The Labute approximate surface area is 246 Å². The standard InChI is InChI=1S/C30H33N3O8S/c31-22(28(38)39)12-13-24(34)33-25(29(40)41)30(14-2-1-3-15-30)26(35)23(32)17-42-16-18-4-6-19(7-5-18)20-8-10-21(11-9-20)27(36)37/h1-11,14,22-23,25H,12-13,15-17,31-32H2,(H,33,34)(H,36,37)(H,38,39)(H,40,41)/t22-,23-,25-,30?/m0/s1. The molecule has 0 aliphatic heterocycles. The molecule has 2 aromatic carbocycles. The SMILES string of the molecule is N[C@@H](CCC(=O)N[C@@H](C(=O)O)C1(C(=O)[C@@H](N)CSCc2ccc(-c3ccc(C(=O)O)cc3)cc2)C=CC=CC1)C(=O)O. The second kappa shape index (κ2) is 14.6. The molecule has 0 radical (unpaired) electrons. The summed E-state index contributed by atoms with van der Waals surface area (Å²) in [5.41, 5.74) is 13.1. The zero-order valence-electron chi connectivity index (χ0n) is 22.6. The largest absolute Gasteiger partial charge is 0.480 e. The number of hydrogen-bond acceptors (Lipinski definition) is 8. The van der Waals surface area contributed by atoms with E-state index in [1.54, 1.807) is 42.5 Å². The number of allylic oxidation sites excluding steroid dienone is 3. The lowest BCUT2D eigenvalue weighted by Crippen LogP contribution is -2.59. The molecule has 0 heterocycles. The summed E-state index contributed by atoms with van der Waals surface area (Å²) in [5.74, 6) is -4.24. The Morgan fingerprint density at radius 3 is 2.00 bits per heavy atom. The summed E-state index contributed by atoms with van der Waals surface area (Å²) in [6, 6.07) is 10.3. The fourth-order valence-corrected chi connectivity index (χ4v) is 5.50. The number of aliphatic carboxylic acids is 2. The van der Waals surface area contributed by atoms with Crippen molar-refractivity contribution in [3.05, 3.63) is 84.0 Å². The van der Waals surface area contributed by atoms with E-state index in [-0.39, 0.29) is 30.6 Å². The summed E-state index contributed by atoms with van der Waals surface area (Å²) < 4.78 is 0. The number of aromatic carboxylic acids is 1. The van der Waals surface area contributed by atoms with E-state index in [0.29, 0.717) is 5.75 Å². The van der Waals surface area contributed by atoms with Crippen LogP contribution in [0.1, 0.15) is 35.2 Å². The number of ketones is 1. The first kappa shape index (κ1) is 32.3. The predicted octanol–water partition coefficient (Wildman–Crippen LogP) is 2.45. The number of amides is 1. The lowest BCUT2D eigenvalue weighted by molar-refractivity contribution is -0.149. The first-order valence-corrected chi connectivity index (χ1v) is 14.3. The van der Waals surface area contributed by atoms with Crippen molar-refractivity contribution in [2.45, 2.75) is 43.1 Å². The molecule has 4 atom stereocenters. The third kappa shape index (κ3) is 8.15. The molecule has 0 fully saturated rings. The van der Waals surface area contributed by atoms with Crippen molar-refractivity contribution in [2.24, 2.45) is 16.9 Å². The van der Waals surface area contributed by atoms with Crippen LogP contribution in [0.25, 0.3) is 11.1 Å². The number of hydrogen-bond donors (Lipinski definition) is 6. The minimum atomic E-state index is -1.62. The monoisotopic (exact) mass is 595 g/mol. The third-order valence-electron chi connectivity index (χ3n) is 6.94. The van der Waals surface area contributed by atoms with Crippen molar-refractivity contribution < 1.29 is 39.3 Å². The van der Waals surface area contributed by atoms with Crippen LogP contribution in [0.2, 0.25) is 0 Å². The van der Waals surface area contributed by atoms with Gasteiger partial charge in [0.25, 0.3) is 0 Å². The van der Waals surface area contributed by atoms with Gasteiger partial charge in [0.15, 0.2) is 5.78 Å². The summed E-state index contributed by atoms with van der Waals surface area (Å²) in [7, 11) is 0. The fraction of sp³-hybridized carbons (Fsp3) is 0.300. The maximum absolute atomic E-state index is 13.6. The number of carbonyl (C=O) groups excluding carboxylic acids is 2. The van der Waals surface area contributed by atoms with Gasteiger partial charge in [-0.25, -0.2) is 9.59 Å². The first-order chi connectivity index (χ1) is 19.9. The summed E-state index contributed by atoms with van der Waals surface area (Å²) in [4.78, 5) is 60.4. The molecule has 0 spiro atoms. The molecule has 1 unspecified atom stereocenters. The summed E-state index contributed by atoms with van der Waals surface area (Å²) in [6.45, 7) is 0. The highest BCUT2D eigenvalue weighted by Crippen LogP contribution is 2.35. The lowest BCUT2D eigenvalue weighted by atomic mass is 9.70. The quantitative estimate of drug-likeness (QED) is 0.176. The number of nitrogens with two attached hydrogens (primary N) is 2. The number of carboxylic acid groups (broad SMARTS) is 3. The number of carboxylic acids is 3. The van der Waals surface area contributed by atoms with Gasteiger partial charge >= 0.3 is 17.9 Å².